The Labute approximate surface area is 177 Å². The molecule has 0 aliphatic rings. The number of aromatic nitrogens is 1. The molecular formula is C24H27N3OS. The number of hydrogen-bond donors (Lipinski definition) is 1. The van der Waals surface area contributed by atoms with E-state index in [0.29, 0.717) is 0 Å². The lowest BCUT2D eigenvalue weighted by Gasteiger charge is -2.15. The van der Waals surface area contributed by atoms with E-state index in [-0.39, 0.29) is 11.2 Å². The van der Waals surface area contributed by atoms with Crippen molar-refractivity contribution in [3.05, 3.63) is 82.7 Å². The van der Waals surface area contributed by atoms with Crippen molar-refractivity contribution < 1.29 is 4.79 Å². The molecule has 29 heavy (non-hydrogen) atoms. The van der Waals surface area contributed by atoms with Crippen LogP contribution in [0, 0.1) is 27.7 Å². The van der Waals surface area contributed by atoms with Crippen LogP contribution in [0.5, 0.6) is 0 Å². The molecule has 0 spiro atoms. The summed E-state index contributed by atoms with van der Waals surface area (Å²) in [6.45, 7) is 10.3. The minimum absolute atomic E-state index is 0.112. The predicted molar refractivity (Wildman–Crippen MR) is 122 cm³/mol. The lowest BCUT2D eigenvalue weighted by molar-refractivity contribution is -0.120. The molecule has 0 saturated carbocycles. The number of hydrazone groups is 1. The first kappa shape index (κ1) is 20.9. The number of hydrogen-bond acceptors (Lipinski definition) is 3. The molecule has 1 aromatic heterocycles. The van der Waals surface area contributed by atoms with Gasteiger partial charge in [-0.25, -0.2) is 5.43 Å². The third kappa shape index (κ3) is 4.80. The Balaban J connectivity index is 1.72. The van der Waals surface area contributed by atoms with E-state index >= 15 is 0 Å². The average molecular weight is 406 g/mol. The standard InChI is InChI=1S/C24H27N3OS/c1-16-10-9-11-17(2)23(16)27-18(3)14-21(19(27)4)15-25-26-24(28)20(5)29-22-12-7-6-8-13-22/h6-15,20H,1-5H3,(H,26,28)/b25-15-/t20-/m1/s1. The highest BCUT2D eigenvalue weighted by molar-refractivity contribution is 8.00. The molecule has 2 aromatic carbocycles. The van der Waals surface area contributed by atoms with Crippen LogP contribution in [0.3, 0.4) is 0 Å². The van der Waals surface area contributed by atoms with Gasteiger partial charge in [-0.1, -0.05) is 36.4 Å². The predicted octanol–water partition coefficient (Wildman–Crippen LogP) is 5.34. The van der Waals surface area contributed by atoms with Crippen LogP contribution in [0.15, 0.2) is 64.6 Å². The quantitative estimate of drug-likeness (QED) is 0.342. The molecule has 5 heteroatoms. The number of rotatable bonds is 6. The summed E-state index contributed by atoms with van der Waals surface area (Å²) in [5.74, 6) is -0.112. The summed E-state index contributed by atoms with van der Waals surface area (Å²) in [6, 6.07) is 18.3. The van der Waals surface area contributed by atoms with E-state index in [1.807, 2.05) is 37.3 Å². The highest BCUT2D eigenvalue weighted by atomic mass is 32.2. The largest absolute Gasteiger partial charge is 0.317 e. The van der Waals surface area contributed by atoms with Crippen molar-refractivity contribution in [2.45, 2.75) is 44.8 Å². The van der Waals surface area contributed by atoms with Crippen molar-refractivity contribution in [1.29, 1.82) is 0 Å². The van der Waals surface area contributed by atoms with Gasteiger partial charge >= 0.3 is 0 Å². The van der Waals surface area contributed by atoms with Crippen LogP contribution in [-0.4, -0.2) is 21.9 Å². The Hall–Kier alpha value is -2.79. The summed E-state index contributed by atoms with van der Waals surface area (Å²) in [5, 5.41) is 3.98. The summed E-state index contributed by atoms with van der Waals surface area (Å²) in [7, 11) is 0. The first-order valence-corrected chi connectivity index (χ1v) is 10.6. The fourth-order valence-corrected chi connectivity index (χ4v) is 4.32. The fourth-order valence-electron chi connectivity index (χ4n) is 3.43. The second-order valence-corrected chi connectivity index (χ2v) is 8.62. The number of amides is 1. The van der Waals surface area contributed by atoms with Gasteiger partial charge in [-0.15, -0.1) is 11.8 Å². The smallest absolute Gasteiger partial charge is 0.253 e. The molecule has 1 N–H and O–H groups in total. The fraction of sp³-hybridized carbons (Fsp3) is 0.250. The molecule has 0 aliphatic carbocycles. The summed E-state index contributed by atoms with van der Waals surface area (Å²) in [4.78, 5) is 13.4. The zero-order valence-electron chi connectivity index (χ0n) is 17.6. The number of aryl methyl sites for hydroxylation is 3. The molecule has 0 fully saturated rings. The van der Waals surface area contributed by atoms with Crippen molar-refractivity contribution in [3.63, 3.8) is 0 Å². The van der Waals surface area contributed by atoms with Crippen LogP contribution < -0.4 is 5.43 Å². The molecular weight excluding hydrogens is 378 g/mol. The van der Waals surface area contributed by atoms with Gasteiger partial charge in [-0.2, -0.15) is 5.10 Å². The molecule has 1 heterocycles. The minimum atomic E-state index is -0.225. The molecule has 0 bridgehead atoms. The number of carbonyl (C=O) groups is 1. The third-order valence-electron chi connectivity index (χ3n) is 4.94. The Bertz CT molecular complexity index is 1020. The second-order valence-electron chi connectivity index (χ2n) is 7.21. The zero-order chi connectivity index (χ0) is 21.0. The van der Waals surface area contributed by atoms with E-state index in [4.69, 9.17) is 0 Å². The average Bonchev–Trinajstić information content (AvgIpc) is 2.96. The van der Waals surface area contributed by atoms with Crippen LogP contribution in [-0.2, 0) is 4.79 Å². The number of para-hydroxylation sites is 1. The van der Waals surface area contributed by atoms with Crippen LogP contribution in [0.2, 0.25) is 0 Å². The van der Waals surface area contributed by atoms with Gasteiger partial charge in [0.1, 0.15) is 0 Å². The van der Waals surface area contributed by atoms with Crippen LogP contribution in [0.4, 0.5) is 0 Å². The lowest BCUT2D eigenvalue weighted by atomic mass is 10.1. The van der Waals surface area contributed by atoms with Gasteiger partial charge in [0.2, 0.25) is 0 Å². The van der Waals surface area contributed by atoms with E-state index in [1.165, 1.54) is 28.6 Å². The maximum absolute atomic E-state index is 12.4. The Morgan fingerprint density at radius 2 is 1.69 bits per heavy atom. The molecule has 0 unspecified atom stereocenters. The molecule has 150 valence electrons. The van der Waals surface area contributed by atoms with Gasteiger partial charge in [0.25, 0.3) is 5.91 Å². The second kappa shape index (κ2) is 9.14. The number of benzene rings is 2. The van der Waals surface area contributed by atoms with Gasteiger partial charge < -0.3 is 4.57 Å². The minimum Gasteiger partial charge on any atom is -0.317 e. The van der Waals surface area contributed by atoms with Crippen molar-refractivity contribution >= 4 is 23.9 Å². The summed E-state index contributed by atoms with van der Waals surface area (Å²) in [6.07, 6.45) is 1.73. The van der Waals surface area contributed by atoms with Crippen LogP contribution in [0.1, 0.15) is 35.0 Å². The lowest BCUT2D eigenvalue weighted by Crippen LogP contribution is -2.26. The van der Waals surface area contributed by atoms with E-state index < -0.39 is 0 Å². The molecule has 0 radical (unpaired) electrons. The van der Waals surface area contributed by atoms with Gasteiger partial charge in [0.05, 0.1) is 17.2 Å². The van der Waals surface area contributed by atoms with Crippen molar-refractivity contribution in [1.82, 2.24) is 9.99 Å². The van der Waals surface area contributed by atoms with Gasteiger partial charge in [0.15, 0.2) is 0 Å². The summed E-state index contributed by atoms with van der Waals surface area (Å²) >= 11 is 1.52. The van der Waals surface area contributed by atoms with Crippen LogP contribution >= 0.6 is 11.8 Å². The Kier molecular flexibility index (Phi) is 6.60. The molecule has 0 aliphatic heterocycles. The zero-order valence-corrected chi connectivity index (χ0v) is 18.4. The van der Waals surface area contributed by atoms with Gasteiger partial charge in [-0.3, -0.25) is 4.79 Å². The summed E-state index contributed by atoms with van der Waals surface area (Å²) < 4.78 is 2.25. The first-order chi connectivity index (χ1) is 13.9. The normalized spacial score (nSPS) is 12.3. The molecule has 0 saturated heterocycles. The van der Waals surface area contributed by atoms with E-state index in [9.17, 15) is 4.79 Å². The van der Waals surface area contributed by atoms with E-state index in [0.717, 1.165) is 21.8 Å². The highest BCUT2D eigenvalue weighted by Crippen LogP contribution is 2.25. The van der Waals surface area contributed by atoms with Crippen molar-refractivity contribution in [2.24, 2.45) is 5.10 Å². The summed E-state index contributed by atoms with van der Waals surface area (Å²) in [5.41, 5.74) is 9.58. The molecule has 1 amide bonds. The Morgan fingerprint density at radius 3 is 2.34 bits per heavy atom. The SMILES string of the molecule is Cc1cccc(C)c1-n1c(C)cc(/C=N\NC(=O)[C@@H](C)Sc2ccccc2)c1C. The molecule has 1 atom stereocenters. The van der Waals surface area contributed by atoms with Gasteiger partial charge in [0, 0.05) is 21.8 Å². The Morgan fingerprint density at radius 1 is 1.03 bits per heavy atom. The number of thioether (sulfide) groups is 1. The van der Waals surface area contributed by atoms with E-state index in [2.05, 4.69) is 67.1 Å². The third-order valence-corrected chi connectivity index (χ3v) is 6.05. The maximum atomic E-state index is 12.4. The molecule has 4 nitrogen and oxygen atoms in total. The van der Waals surface area contributed by atoms with E-state index in [1.54, 1.807) is 6.21 Å². The number of nitrogens with zero attached hydrogens (tertiary/aromatic N) is 2. The topological polar surface area (TPSA) is 46.4 Å². The van der Waals surface area contributed by atoms with Crippen LogP contribution in [0.25, 0.3) is 5.69 Å². The molecule has 3 rings (SSSR count). The monoisotopic (exact) mass is 405 g/mol. The first-order valence-electron chi connectivity index (χ1n) is 9.68. The highest BCUT2D eigenvalue weighted by Gasteiger charge is 2.15. The van der Waals surface area contributed by atoms with Crippen molar-refractivity contribution in [2.75, 3.05) is 0 Å². The number of nitrogens with one attached hydrogen (secondary N) is 1. The number of carbonyl (C=O) groups excluding carboxylic acids is 1. The molecule has 3 aromatic rings. The van der Waals surface area contributed by atoms with Gasteiger partial charge in [-0.05, 0) is 63.9 Å². The maximum Gasteiger partial charge on any atom is 0.253 e. The van der Waals surface area contributed by atoms with Crippen molar-refractivity contribution in [3.8, 4) is 5.69 Å².